The number of carbonyl (C=O) groups is 2. The molecule has 7 nitrogen and oxygen atoms in total. The van der Waals surface area contributed by atoms with Gasteiger partial charge in [0.1, 0.15) is 5.82 Å². The van der Waals surface area contributed by atoms with Gasteiger partial charge in [0.2, 0.25) is 5.91 Å². The molecule has 0 fully saturated rings. The number of nitrogens with zero attached hydrogens (tertiary/aromatic N) is 2. The number of hydrogen-bond acceptors (Lipinski definition) is 5. The minimum Gasteiger partial charge on any atom is -0.376 e. The lowest BCUT2D eigenvalue weighted by Gasteiger charge is -2.08. The standard InChI is InChI=1S/C15H17N5O2/c1-10-17-7-6-13(19-10)11-4-3-5-12(8-11)18-9-14(21)20-15(22)16-2/h3-8,18H,9H2,1-2H3,(H2,16,20,21,22). The molecule has 0 aliphatic carbocycles. The molecule has 1 aromatic heterocycles. The molecule has 3 N–H and O–H groups in total. The number of anilines is 1. The van der Waals surface area contributed by atoms with E-state index in [0.29, 0.717) is 5.82 Å². The molecule has 1 aromatic carbocycles. The highest BCUT2D eigenvalue weighted by molar-refractivity contribution is 5.96. The molecule has 7 heteroatoms. The van der Waals surface area contributed by atoms with Crippen molar-refractivity contribution in [3.8, 4) is 11.3 Å². The van der Waals surface area contributed by atoms with Gasteiger partial charge in [-0.3, -0.25) is 10.1 Å². The van der Waals surface area contributed by atoms with E-state index in [9.17, 15) is 9.59 Å². The third-order valence-corrected chi connectivity index (χ3v) is 2.87. The number of aryl methyl sites for hydroxylation is 1. The molecule has 0 saturated heterocycles. The molecule has 0 saturated carbocycles. The van der Waals surface area contributed by atoms with Crippen LogP contribution in [0.4, 0.5) is 10.5 Å². The summed E-state index contributed by atoms with van der Waals surface area (Å²) in [6, 6.07) is 8.81. The van der Waals surface area contributed by atoms with E-state index in [4.69, 9.17) is 0 Å². The SMILES string of the molecule is CNC(=O)NC(=O)CNc1cccc(-c2ccnc(C)n2)c1. The minimum atomic E-state index is -0.531. The van der Waals surface area contributed by atoms with Crippen molar-refractivity contribution >= 4 is 17.6 Å². The van der Waals surface area contributed by atoms with Crippen molar-refractivity contribution in [1.29, 1.82) is 0 Å². The van der Waals surface area contributed by atoms with Crippen LogP contribution in [0.3, 0.4) is 0 Å². The van der Waals surface area contributed by atoms with Crippen molar-refractivity contribution in [2.75, 3.05) is 18.9 Å². The normalized spacial score (nSPS) is 9.91. The number of rotatable bonds is 4. The maximum absolute atomic E-state index is 11.5. The Morgan fingerprint density at radius 2 is 2.05 bits per heavy atom. The van der Waals surface area contributed by atoms with Crippen molar-refractivity contribution in [2.24, 2.45) is 0 Å². The Morgan fingerprint density at radius 3 is 2.77 bits per heavy atom. The molecule has 0 radical (unpaired) electrons. The van der Waals surface area contributed by atoms with Gasteiger partial charge in [-0.2, -0.15) is 0 Å². The molecule has 3 amide bonds. The second-order valence-corrected chi connectivity index (χ2v) is 4.55. The molecule has 0 aliphatic heterocycles. The van der Waals surface area contributed by atoms with Crippen molar-refractivity contribution in [3.63, 3.8) is 0 Å². The van der Waals surface area contributed by atoms with Gasteiger partial charge >= 0.3 is 6.03 Å². The van der Waals surface area contributed by atoms with Gasteiger partial charge in [-0.1, -0.05) is 12.1 Å². The Kier molecular flexibility index (Phi) is 5.02. The Morgan fingerprint density at radius 1 is 1.23 bits per heavy atom. The van der Waals surface area contributed by atoms with Crippen LogP contribution in [-0.2, 0) is 4.79 Å². The van der Waals surface area contributed by atoms with Gasteiger partial charge in [0.25, 0.3) is 0 Å². The van der Waals surface area contributed by atoms with E-state index >= 15 is 0 Å². The molecule has 1 heterocycles. The van der Waals surface area contributed by atoms with Crippen molar-refractivity contribution in [2.45, 2.75) is 6.92 Å². The van der Waals surface area contributed by atoms with Gasteiger partial charge < -0.3 is 10.6 Å². The summed E-state index contributed by atoms with van der Waals surface area (Å²) in [5.41, 5.74) is 2.49. The monoisotopic (exact) mass is 299 g/mol. The second-order valence-electron chi connectivity index (χ2n) is 4.55. The van der Waals surface area contributed by atoms with Crippen LogP contribution in [0.1, 0.15) is 5.82 Å². The number of nitrogens with one attached hydrogen (secondary N) is 3. The largest absolute Gasteiger partial charge is 0.376 e. The number of imide groups is 1. The Hall–Kier alpha value is -2.96. The van der Waals surface area contributed by atoms with Gasteiger partial charge in [-0.25, -0.2) is 14.8 Å². The zero-order chi connectivity index (χ0) is 15.9. The molecule has 2 rings (SSSR count). The Bertz CT molecular complexity index is 687. The summed E-state index contributed by atoms with van der Waals surface area (Å²) >= 11 is 0. The highest BCUT2D eigenvalue weighted by Gasteiger charge is 2.06. The van der Waals surface area contributed by atoms with E-state index in [0.717, 1.165) is 16.9 Å². The lowest BCUT2D eigenvalue weighted by Crippen LogP contribution is -2.40. The van der Waals surface area contributed by atoms with E-state index in [1.807, 2.05) is 37.3 Å². The summed E-state index contributed by atoms with van der Waals surface area (Å²) in [5, 5.41) is 7.46. The number of aromatic nitrogens is 2. The fourth-order valence-corrected chi connectivity index (χ4v) is 1.82. The van der Waals surface area contributed by atoms with Crippen LogP contribution in [-0.4, -0.2) is 35.5 Å². The summed E-state index contributed by atoms with van der Waals surface area (Å²) in [5.74, 6) is 0.281. The number of urea groups is 1. The predicted octanol–water partition coefficient (Wildman–Crippen LogP) is 1.32. The molecule has 2 aromatic rings. The molecular weight excluding hydrogens is 282 g/mol. The van der Waals surface area contributed by atoms with E-state index in [2.05, 4.69) is 25.9 Å². The average molecular weight is 299 g/mol. The minimum absolute atomic E-state index is 0.000322. The van der Waals surface area contributed by atoms with Crippen LogP contribution < -0.4 is 16.0 Å². The summed E-state index contributed by atoms with van der Waals surface area (Å²) in [6.07, 6.45) is 1.70. The second kappa shape index (κ2) is 7.16. The first kappa shape index (κ1) is 15.4. The van der Waals surface area contributed by atoms with Crippen LogP contribution >= 0.6 is 0 Å². The first-order valence-corrected chi connectivity index (χ1v) is 6.74. The Balaban J connectivity index is 2.03. The number of amides is 3. The third kappa shape index (κ3) is 4.27. The summed E-state index contributed by atoms with van der Waals surface area (Å²) in [4.78, 5) is 31.0. The predicted molar refractivity (Wildman–Crippen MR) is 83.3 cm³/mol. The van der Waals surface area contributed by atoms with Crippen LogP contribution in [0.5, 0.6) is 0 Å². The molecule has 114 valence electrons. The van der Waals surface area contributed by atoms with Crippen LogP contribution in [0.2, 0.25) is 0 Å². The summed E-state index contributed by atoms with van der Waals surface area (Å²) in [6.45, 7) is 1.83. The van der Waals surface area contributed by atoms with Gasteiger partial charge in [0, 0.05) is 24.5 Å². The number of benzene rings is 1. The van der Waals surface area contributed by atoms with E-state index in [1.165, 1.54) is 7.05 Å². The molecule has 0 bridgehead atoms. The van der Waals surface area contributed by atoms with Crippen molar-refractivity contribution < 1.29 is 9.59 Å². The number of hydrogen-bond donors (Lipinski definition) is 3. The zero-order valence-electron chi connectivity index (χ0n) is 12.4. The fourth-order valence-electron chi connectivity index (χ4n) is 1.82. The van der Waals surface area contributed by atoms with Crippen LogP contribution in [0.15, 0.2) is 36.5 Å². The smallest absolute Gasteiger partial charge is 0.321 e. The van der Waals surface area contributed by atoms with E-state index in [1.54, 1.807) is 6.20 Å². The van der Waals surface area contributed by atoms with E-state index < -0.39 is 11.9 Å². The fraction of sp³-hybridized carbons (Fsp3) is 0.200. The Labute approximate surface area is 128 Å². The van der Waals surface area contributed by atoms with Crippen LogP contribution in [0.25, 0.3) is 11.3 Å². The highest BCUT2D eigenvalue weighted by atomic mass is 16.2. The van der Waals surface area contributed by atoms with Crippen LogP contribution in [0, 0.1) is 6.92 Å². The molecule has 0 spiro atoms. The summed E-state index contributed by atoms with van der Waals surface area (Å²) < 4.78 is 0. The first-order valence-electron chi connectivity index (χ1n) is 6.74. The van der Waals surface area contributed by atoms with Gasteiger partial charge in [-0.15, -0.1) is 0 Å². The topological polar surface area (TPSA) is 96.0 Å². The first-order chi connectivity index (χ1) is 10.6. The maximum atomic E-state index is 11.5. The van der Waals surface area contributed by atoms with Gasteiger partial charge in [-0.05, 0) is 25.1 Å². The highest BCUT2D eigenvalue weighted by Crippen LogP contribution is 2.20. The average Bonchev–Trinajstić information content (AvgIpc) is 2.53. The molecule has 22 heavy (non-hydrogen) atoms. The van der Waals surface area contributed by atoms with Crippen molar-refractivity contribution in [1.82, 2.24) is 20.6 Å². The summed E-state index contributed by atoms with van der Waals surface area (Å²) in [7, 11) is 1.45. The lowest BCUT2D eigenvalue weighted by atomic mass is 10.1. The quantitative estimate of drug-likeness (QED) is 0.791. The molecule has 0 unspecified atom stereocenters. The maximum Gasteiger partial charge on any atom is 0.321 e. The lowest BCUT2D eigenvalue weighted by molar-refractivity contribution is -0.118. The third-order valence-electron chi connectivity index (χ3n) is 2.87. The molecular formula is C15H17N5O2. The van der Waals surface area contributed by atoms with Gasteiger partial charge in [0.15, 0.2) is 0 Å². The van der Waals surface area contributed by atoms with Crippen molar-refractivity contribution in [3.05, 3.63) is 42.4 Å². The number of carbonyl (C=O) groups excluding carboxylic acids is 2. The van der Waals surface area contributed by atoms with Gasteiger partial charge in [0.05, 0.1) is 12.2 Å². The molecule has 0 atom stereocenters. The molecule has 0 aliphatic rings. The zero-order valence-corrected chi connectivity index (χ0v) is 12.4. The van der Waals surface area contributed by atoms with E-state index in [-0.39, 0.29) is 6.54 Å².